The van der Waals surface area contributed by atoms with Crippen molar-refractivity contribution in [2.45, 2.75) is 25.4 Å². The predicted molar refractivity (Wildman–Crippen MR) is 30.7 cm³/mol. The SMILES string of the molecule is C[C@@H](N)OC(F)(F)C(=O)C(F)(F)F. The molecular weight excluding hydrogens is 201 g/mol. The molecule has 0 aromatic rings. The van der Waals surface area contributed by atoms with Crippen molar-refractivity contribution >= 4 is 5.78 Å². The Kier molecular flexibility index (Phi) is 3.34. The molecule has 0 unspecified atom stereocenters. The molecule has 2 N–H and O–H groups in total. The van der Waals surface area contributed by atoms with Crippen molar-refractivity contribution in [1.82, 2.24) is 0 Å². The summed E-state index contributed by atoms with van der Waals surface area (Å²) in [5.74, 6) is -3.27. The van der Waals surface area contributed by atoms with Crippen LogP contribution in [0.15, 0.2) is 0 Å². The summed E-state index contributed by atoms with van der Waals surface area (Å²) in [6, 6.07) is 0. The molecule has 0 fully saturated rings. The van der Waals surface area contributed by atoms with Crippen LogP contribution in [-0.4, -0.2) is 24.3 Å². The van der Waals surface area contributed by atoms with E-state index in [4.69, 9.17) is 0 Å². The van der Waals surface area contributed by atoms with Crippen molar-refractivity contribution in [2.75, 3.05) is 0 Å². The highest BCUT2D eigenvalue weighted by Crippen LogP contribution is 2.28. The maximum absolute atomic E-state index is 12.2. The Hall–Kier alpha value is -0.760. The van der Waals surface area contributed by atoms with Crippen LogP contribution in [0.3, 0.4) is 0 Å². The van der Waals surface area contributed by atoms with Gasteiger partial charge in [0, 0.05) is 0 Å². The lowest BCUT2D eigenvalue weighted by molar-refractivity contribution is -0.269. The number of carbonyl (C=O) groups is 1. The van der Waals surface area contributed by atoms with Gasteiger partial charge in [-0.15, -0.1) is 0 Å². The van der Waals surface area contributed by atoms with Crippen LogP contribution >= 0.6 is 0 Å². The molecule has 8 heteroatoms. The fraction of sp³-hybridized carbons (Fsp3) is 0.800. The lowest BCUT2D eigenvalue weighted by atomic mass is 10.3. The molecule has 0 heterocycles. The lowest BCUT2D eigenvalue weighted by Gasteiger charge is -2.18. The van der Waals surface area contributed by atoms with Gasteiger partial charge < -0.3 is 5.73 Å². The van der Waals surface area contributed by atoms with Gasteiger partial charge in [-0.3, -0.25) is 9.53 Å². The number of halogens is 5. The third kappa shape index (κ3) is 3.64. The van der Waals surface area contributed by atoms with Crippen LogP contribution in [0.25, 0.3) is 0 Å². The summed E-state index contributed by atoms with van der Waals surface area (Å²) >= 11 is 0. The van der Waals surface area contributed by atoms with E-state index < -0.39 is 24.3 Å². The first kappa shape index (κ1) is 12.2. The average Bonchev–Trinajstić information content (AvgIpc) is 1.80. The van der Waals surface area contributed by atoms with Crippen LogP contribution in [0.2, 0.25) is 0 Å². The highest BCUT2D eigenvalue weighted by molar-refractivity contribution is 5.89. The number of rotatable bonds is 3. The zero-order chi connectivity index (χ0) is 10.9. The molecular formula is C5H6F5NO2. The second-order valence-electron chi connectivity index (χ2n) is 2.17. The monoisotopic (exact) mass is 207 g/mol. The van der Waals surface area contributed by atoms with Gasteiger partial charge in [0.15, 0.2) is 0 Å². The van der Waals surface area contributed by atoms with E-state index in [1.54, 1.807) is 0 Å². The Labute approximate surface area is 69.6 Å². The van der Waals surface area contributed by atoms with Crippen molar-refractivity contribution in [3.8, 4) is 0 Å². The number of hydrogen-bond donors (Lipinski definition) is 1. The molecule has 0 aliphatic rings. The van der Waals surface area contributed by atoms with Crippen LogP contribution in [-0.2, 0) is 9.53 Å². The van der Waals surface area contributed by atoms with Gasteiger partial charge in [-0.2, -0.15) is 22.0 Å². The smallest absolute Gasteiger partial charge is 0.306 e. The number of ketones is 1. The Morgan fingerprint density at radius 3 is 1.92 bits per heavy atom. The third-order valence-electron chi connectivity index (χ3n) is 0.856. The number of hydrogen-bond acceptors (Lipinski definition) is 3. The van der Waals surface area contributed by atoms with Crippen LogP contribution in [0.1, 0.15) is 6.92 Å². The predicted octanol–water partition coefficient (Wildman–Crippen LogP) is 1.03. The van der Waals surface area contributed by atoms with Gasteiger partial charge in [0.25, 0.3) is 0 Å². The van der Waals surface area contributed by atoms with Crippen molar-refractivity contribution < 1.29 is 31.5 Å². The van der Waals surface area contributed by atoms with Crippen molar-refractivity contribution in [3.05, 3.63) is 0 Å². The minimum Gasteiger partial charge on any atom is -0.306 e. The highest BCUT2D eigenvalue weighted by Gasteiger charge is 2.56. The Morgan fingerprint density at radius 2 is 1.69 bits per heavy atom. The maximum atomic E-state index is 12.2. The first-order valence-corrected chi connectivity index (χ1v) is 3.00. The van der Waals surface area contributed by atoms with Crippen molar-refractivity contribution in [3.63, 3.8) is 0 Å². The second kappa shape index (κ2) is 3.54. The molecule has 0 radical (unpaired) electrons. The number of ether oxygens (including phenoxy) is 1. The lowest BCUT2D eigenvalue weighted by Crippen LogP contribution is -2.45. The maximum Gasteiger partial charge on any atom is 0.459 e. The molecule has 0 aliphatic heterocycles. The summed E-state index contributed by atoms with van der Waals surface area (Å²) in [4.78, 5) is 9.97. The Bertz CT molecular complexity index is 200. The van der Waals surface area contributed by atoms with Gasteiger partial charge in [0.1, 0.15) is 6.23 Å². The van der Waals surface area contributed by atoms with E-state index in [1.165, 1.54) is 0 Å². The number of alkyl halides is 5. The van der Waals surface area contributed by atoms with E-state index in [0.717, 1.165) is 6.92 Å². The number of carbonyl (C=O) groups excluding carboxylic acids is 1. The summed E-state index contributed by atoms with van der Waals surface area (Å²) in [5.41, 5.74) is 4.64. The van der Waals surface area contributed by atoms with Gasteiger partial charge in [0.2, 0.25) is 0 Å². The van der Waals surface area contributed by atoms with Gasteiger partial charge in [-0.05, 0) is 6.92 Å². The fourth-order valence-electron chi connectivity index (χ4n) is 0.452. The molecule has 0 spiro atoms. The van der Waals surface area contributed by atoms with Crippen molar-refractivity contribution in [1.29, 1.82) is 0 Å². The fourth-order valence-corrected chi connectivity index (χ4v) is 0.452. The Morgan fingerprint density at radius 1 is 1.31 bits per heavy atom. The first-order chi connectivity index (χ1) is 5.57. The minimum atomic E-state index is -5.64. The van der Waals surface area contributed by atoms with E-state index in [0.29, 0.717) is 0 Å². The molecule has 1 atom stereocenters. The largest absolute Gasteiger partial charge is 0.459 e. The van der Waals surface area contributed by atoms with E-state index in [1.807, 2.05) is 0 Å². The van der Waals surface area contributed by atoms with Crippen molar-refractivity contribution in [2.24, 2.45) is 5.73 Å². The molecule has 0 rings (SSSR count). The van der Waals surface area contributed by atoms with Gasteiger partial charge >= 0.3 is 18.1 Å². The van der Waals surface area contributed by atoms with Gasteiger partial charge in [-0.1, -0.05) is 0 Å². The number of nitrogens with two attached hydrogens (primary N) is 1. The topological polar surface area (TPSA) is 52.3 Å². The van der Waals surface area contributed by atoms with Gasteiger partial charge in [-0.25, -0.2) is 0 Å². The molecule has 0 aromatic heterocycles. The first-order valence-electron chi connectivity index (χ1n) is 3.00. The van der Waals surface area contributed by atoms with Crippen LogP contribution in [0.4, 0.5) is 22.0 Å². The van der Waals surface area contributed by atoms with E-state index in [-0.39, 0.29) is 0 Å². The molecule has 13 heavy (non-hydrogen) atoms. The second-order valence-corrected chi connectivity index (χ2v) is 2.17. The summed E-state index contributed by atoms with van der Waals surface area (Å²) in [6.07, 6.45) is -12.2. The summed E-state index contributed by atoms with van der Waals surface area (Å²) in [6.45, 7) is 0.873. The van der Waals surface area contributed by atoms with Crippen LogP contribution < -0.4 is 5.73 Å². The molecule has 0 saturated heterocycles. The van der Waals surface area contributed by atoms with Crippen LogP contribution in [0, 0.1) is 0 Å². The summed E-state index contributed by atoms with van der Waals surface area (Å²) < 4.78 is 62.0. The molecule has 0 bridgehead atoms. The van der Waals surface area contributed by atoms with E-state index in [9.17, 15) is 26.7 Å². The quantitative estimate of drug-likeness (QED) is 0.555. The zero-order valence-electron chi connectivity index (χ0n) is 6.36. The normalized spacial score (nSPS) is 15.6. The molecule has 0 saturated carbocycles. The summed E-state index contributed by atoms with van der Waals surface area (Å²) in [7, 11) is 0. The molecule has 0 aliphatic carbocycles. The summed E-state index contributed by atoms with van der Waals surface area (Å²) in [5, 5.41) is 0. The van der Waals surface area contributed by atoms with E-state index in [2.05, 4.69) is 10.5 Å². The standard InChI is InChI=1S/C5H6F5NO2/c1-2(11)13-5(9,10)3(12)4(6,7)8/h2H,11H2,1H3/t2-/m0/s1. The minimum absolute atomic E-state index is 0.873. The highest BCUT2D eigenvalue weighted by atomic mass is 19.4. The number of Topliss-reactive ketones (excluding diaryl/α,β-unsaturated/α-hetero) is 1. The van der Waals surface area contributed by atoms with E-state index >= 15 is 0 Å². The van der Waals surface area contributed by atoms with Crippen LogP contribution in [0.5, 0.6) is 0 Å². The zero-order valence-corrected chi connectivity index (χ0v) is 6.36. The Balaban J connectivity index is 4.55. The molecule has 78 valence electrons. The third-order valence-corrected chi connectivity index (χ3v) is 0.856. The average molecular weight is 207 g/mol. The molecule has 0 amide bonds. The van der Waals surface area contributed by atoms with Gasteiger partial charge in [0.05, 0.1) is 0 Å². The molecule has 3 nitrogen and oxygen atoms in total. The molecule has 0 aromatic carbocycles.